The van der Waals surface area contributed by atoms with Crippen molar-refractivity contribution >= 4 is 0 Å². The Morgan fingerprint density at radius 2 is 2.12 bits per heavy atom. The molecule has 0 bridgehead atoms. The fourth-order valence-electron chi connectivity index (χ4n) is 4.60. The summed E-state index contributed by atoms with van der Waals surface area (Å²) in [5.74, 6) is 1.56. The lowest BCUT2D eigenvalue weighted by atomic mass is 9.79. The van der Waals surface area contributed by atoms with Crippen molar-refractivity contribution in [2.24, 2.45) is 5.92 Å². The molecule has 2 aliphatic carbocycles. The molecule has 3 aliphatic rings. The third kappa shape index (κ3) is 3.55. The Bertz CT molecular complexity index is 592. The smallest absolute Gasteiger partial charge is 0.217 e. The van der Waals surface area contributed by atoms with Crippen LogP contribution in [0.4, 0.5) is 0 Å². The summed E-state index contributed by atoms with van der Waals surface area (Å²) in [6, 6.07) is 4.52. The minimum Gasteiger partial charge on any atom is -0.481 e. The van der Waals surface area contributed by atoms with Crippen molar-refractivity contribution < 1.29 is 14.2 Å². The molecule has 2 saturated carbocycles. The third-order valence-electron chi connectivity index (χ3n) is 6.33. The Morgan fingerprint density at radius 3 is 2.88 bits per heavy atom. The second-order valence-electron chi connectivity index (χ2n) is 7.85. The summed E-state index contributed by atoms with van der Waals surface area (Å²) in [6.07, 6.45) is 9.27. The van der Waals surface area contributed by atoms with Gasteiger partial charge >= 0.3 is 0 Å². The molecule has 3 atom stereocenters. The molecular formula is C20H30N2O3. The zero-order chi connectivity index (χ0) is 17.3. The van der Waals surface area contributed by atoms with E-state index in [4.69, 9.17) is 14.2 Å². The number of fused-ring (bicyclic) bond motifs is 1. The van der Waals surface area contributed by atoms with Crippen molar-refractivity contribution in [1.29, 1.82) is 0 Å². The van der Waals surface area contributed by atoms with E-state index in [0.29, 0.717) is 12.1 Å². The summed E-state index contributed by atoms with van der Waals surface area (Å²) in [4.78, 5) is 6.90. The first-order chi connectivity index (χ1) is 12.2. The van der Waals surface area contributed by atoms with Crippen molar-refractivity contribution in [3.63, 3.8) is 0 Å². The fourth-order valence-corrected chi connectivity index (χ4v) is 4.60. The zero-order valence-corrected chi connectivity index (χ0v) is 15.4. The van der Waals surface area contributed by atoms with Crippen LogP contribution in [0, 0.1) is 5.92 Å². The Labute approximate surface area is 150 Å². The quantitative estimate of drug-likeness (QED) is 0.759. The number of nitrogens with zero attached hydrogens (tertiary/aromatic N) is 2. The monoisotopic (exact) mass is 346 g/mol. The first-order valence-electron chi connectivity index (χ1n) is 9.63. The Kier molecular flexibility index (Phi) is 4.98. The number of rotatable bonds is 7. The molecule has 4 rings (SSSR count). The predicted octanol–water partition coefficient (Wildman–Crippen LogP) is 3.03. The van der Waals surface area contributed by atoms with Crippen molar-refractivity contribution in [2.45, 2.75) is 62.8 Å². The van der Waals surface area contributed by atoms with Crippen LogP contribution in [-0.2, 0) is 16.0 Å². The van der Waals surface area contributed by atoms with Crippen LogP contribution in [0.3, 0.4) is 0 Å². The van der Waals surface area contributed by atoms with E-state index in [1.165, 1.54) is 12.8 Å². The summed E-state index contributed by atoms with van der Waals surface area (Å²) in [5, 5.41) is 0. The van der Waals surface area contributed by atoms with Gasteiger partial charge in [0.25, 0.3) is 0 Å². The highest BCUT2D eigenvalue weighted by molar-refractivity contribution is 5.26. The number of methoxy groups -OCH3 is 2. The van der Waals surface area contributed by atoms with Gasteiger partial charge in [-0.25, -0.2) is 4.98 Å². The molecular weight excluding hydrogens is 316 g/mol. The second kappa shape index (κ2) is 7.22. The van der Waals surface area contributed by atoms with Crippen LogP contribution in [0.2, 0.25) is 0 Å². The molecule has 0 N–H and O–H groups in total. The van der Waals surface area contributed by atoms with E-state index in [0.717, 1.165) is 62.7 Å². The molecule has 1 aliphatic heterocycles. The Hall–Kier alpha value is -1.17. The number of aromatic nitrogens is 1. The van der Waals surface area contributed by atoms with Gasteiger partial charge in [-0.3, -0.25) is 4.90 Å². The van der Waals surface area contributed by atoms with Crippen LogP contribution in [0.1, 0.15) is 44.1 Å². The maximum Gasteiger partial charge on any atom is 0.217 e. The van der Waals surface area contributed by atoms with Crippen molar-refractivity contribution in [2.75, 3.05) is 27.4 Å². The van der Waals surface area contributed by atoms with E-state index in [-0.39, 0.29) is 5.60 Å². The summed E-state index contributed by atoms with van der Waals surface area (Å²) < 4.78 is 17.7. The van der Waals surface area contributed by atoms with Crippen LogP contribution in [0.25, 0.3) is 0 Å². The highest BCUT2D eigenvalue weighted by Gasteiger charge is 2.51. The normalized spacial score (nSPS) is 32.6. The van der Waals surface area contributed by atoms with Crippen LogP contribution in [0.15, 0.2) is 18.3 Å². The van der Waals surface area contributed by atoms with Gasteiger partial charge in [-0.15, -0.1) is 0 Å². The van der Waals surface area contributed by atoms with E-state index in [2.05, 4.69) is 16.0 Å². The molecule has 138 valence electrons. The molecule has 0 unspecified atom stereocenters. The van der Waals surface area contributed by atoms with E-state index >= 15 is 0 Å². The van der Waals surface area contributed by atoms with Crippen molar-refractivity contribution in [3.05, 3.63) is 23.9 Å². The standard InChI is InChI=1S/C20H30N2O3/c1-23-19-16(4-3-10-21-19)13-22-11-9-20(24-2)8-7-17(12-18(20)22)25-14-15-5-6-15/h3-4,10,15,17-18H,5-9,11-14H2,1-2H3/t17-,18-,20+/m0/s1. The molecule has 0 radical (unpaired) electrons. The minimum absolute atomic E-state index is 0.00507. The van der Waals surface area contributed by atoms with Gasteiger partial charge in [0.2, 0.25) is 5.88 Å². The number of pyridine rings is 1. The second-order valence-corrected chi connectivity index (χ2v) is 7.85. The van der Waals surface area contributed by atoms with E-state index < -0.39 is 0 Å². The molecule has 25 heavy (non-hydrogen) atoms. The van der Waals surface area contributed by atoms with Gasteiger partial charge in [-0.2, -0.15) is 0 Å². The highest BCUT2D eigenvalue weighted by atomic mass is 16.5. The van der Waals surface area contributed by atoms with Gasteiger partial charge in [-0.05, 0) is 50.5 Å². The van der Waals surface area contributed by atoms with Gasteiger partial charge in [0.15, 0.2) is 0 Å². The highest BCUT2D eigenvalue weighted by Crippen LogP contribution is 2.44. The Balaban J connectivity index is 1.46. The van der Waals surface area contributed by atoms with Gasteiger partial charge in [-0.1, -0.05) is 6.07 Å². The lowest BCUT2D eigenvalue weighted by Gasteiger charge is -2.43. The van der Waals surface area contributed by atoms with E-state index in [1.54, 1.807) is 13.3 Å². The SMILES string of the molecule is COc1ncccc1CN1CC[C@]2(OC)CC[C@H](OCC3CC3)C[C@H]12. The molecule has 1 saturated heterocycles. The van der Waals surface area contributed by atoms with Crippen molar-refractivity contribution in [1.82, 2.24) is 9.88 Å². The number of hydrogen-bond donors (Lipinski definition) is 0. The number of ether oxygens (including phenoxy) is 3. The third-order valence-corrected chi connectivity index (χ3v) is 6.33. The van der Waals surface area contributed by atoms with Crippen LogP contribution in [0.5, 0.6) is 5.88 Å². The lowest BCUT2D eigenvalue weighted by Crippen LogP contribution is -2.51. The molecule has 0 spiro atoms. The van der Waals surface area contributed by atoms with Gasteiger partial charge in [0.1, 0.15) is 0 Å². The fraction of sp³-hybridized carbons (Fsp3) is 0.750. The van der Waals surface area contributed by atoms with Crippen LogP contribution in [-0.4, -0.2) is 55.0 Å². The average molecular weight is 346 g/mol. The molecule has 3 fully saturated rings. The van der Waals surface area contributed by atoms with Gasteiger partial charge in [0.05, 0.1) is 18.8 Å². The van der Waals surface area contributed by atoms with Gasteiger partial charge < -0.3 is 14.2 Å². The maximum absolute atomic E-state index is 6.23. The summed E-state index contributed by atoms with van der Waals surface area (Å²) in [5.41, 5.74) is 1.15. The number of hydrogen-bond acceptors (Lipinski definition) is 5. The topological polar surface area (TPSA) is 43.8 Å². The largest absolute Gasteiger partial charge is 0.481 e. The molecule has 0 amide bonds. The molecule has 0 aromatic carbocycles. The van der Waals surface area contributed by atoms with E-state index in [9.17, 15) is 0 Å². The Morgan fingerprint density at radius 1 is 1.24 bits per heavy atom. The van der Waals surface area contributed by atoms with Crippen molar-refractivity contribution in [3.8, 4) is 5.88 Å². The predicted molar refractivity (Wildman–Crippen MR) is 95.7 cm³/mol. The van der Waals surface area contributed by atoms with E-state index in [1.807, 2.05) is 13.2 Å². The summed E-state index contributed by atoms with van der Waals surface area (Å²) in [7, 11) is 3.57. The molecule has 5 heteroatoms. The molecule has 1 aromatic heterocycles. The first-order valence-corrected chi connectivity index (χ1v) is 9.63. The van der Waals surface area contributed by atoms with Crippen LogP contribution < -0.4 is 4.74 Å². The summed E-state index contributed by atoms with van der Waals surface area (Å²) in [6.45, 7) is 2.88. The number of likely N-dealkylation sites (tertiary alicyclic amines) is 1. The molecule has 5 nitrogen and oxygen atoms in total. The van der Waals surface area contributed by atoms with Gasteiger partial charge in [0, 0.05) is 44.6 Å². The molecule has 2 heterocycles. The van der Waals surface area contributed by atoms with Crippen LogP contribution >= 0.6 is 0 Å². The zero-order valence-electron chi connectivity index (χ0n) is 15.4. The first kappa shape index (κ1) is 17.3. The average Bonchev–Trinajstić information content (AvgIpc) is 3.42. The lowest BCUT2D eigenvalue weighted by molar-refractivity contribution is -0.103. The maximum atomic E-state index is 6.23. The molecule has 1 aromatic rings. The minimum atomic E-state index is -0.00507. The summed E-state index contributed by atoms with van der Waals surface area (Å²) >= 11 is 0.